The molecule has 1 aromatic heterocycles. The Bertz CT molecular complexity index is 1130. The van der Waals surface area contributed by atoms with Crippen LogP contribution in [0.15, 0.2) is 72.9 Å². The molecule has 31 heavy (non-hydrogen) atoms. The van der Waals surface area contributed by atoms with Gasteiger partial charge in [-0.05, 0) is 41.5 Å². The number of benzene rings is 2. The molecule has 3 aromatic rings. The van der Waals surface area contributed by atoms with E-state index in [0.29, 0.717) is 25.1 Å². The third kappa shape index (κ3) is 3.06. The molecule has 5 rings (SSSR count). The Kier molecular flexibility index (Phi) is 4.70. The van der Waals surface area contributed by atoms with Crippen LogP contribution in [0.1, 0.15) is 27.2 Å². The highest BCUT2D eigenvalue weighted by Crippen LogP contribution is 2.45. The number of hydrogen-bond acceptors (Lipinski definition) is 4. The van der Waals surface area contributed by atoms with Crippen molar-refractivity contribution in [3.63, 3.8) is 0 Å². The fraction of sp³-hybridized carbons (Fsp3) is 0.240. The fourth-order valence-electron chi connectivity index (χ4n) is 4.83. The summed E-state index contributed by atoms with van der Waals surface area (Å²) in [6, 6.07) is 20.9. The lowest BCUT2D eigenvalue weighted by atomic mass is 9.83. The summed E-state index contributed by atoms with van der Waals surface area (Å²) >= 11 is 0. The lowest BCUT2D eigenvalue weighted by molar-refractivity contribution is -0.138. The number of hydrogen-bond donors (Lipinski definition) is 0. The number of methoxy groups -OCH3 is 1. The van der Waals surface area contributed by atoms with Gasteiger partial charge in [0.1, 0.15) is 11.4 Å². The van der Waals surface area contributed by atoms with Crippen molar-refractivity contribution in [3.8, 4) is 5.75 Å². The molecule has 156 valence electrons. The molecular weight excluding hydrogens is 390 g/mol. The number of aromatic nitrogens is 1. The number of fused-ring (bicyclic) bond motifs is 2. The van der Waals surface area contributed by atoms with Crippen LogP contribution in [0.25, 0.3) is 0 Å². The first kappa shape index (κ1) is 19.3. The molecule has 1 unspecified atom stereocenters. The van der Waals surface area contributed by atoms with Gasteiger partial charge >= 0.3 is 0 Å². The van der Waals surface area contributed by atoms with E-state index in [2.05, 4.69) is 4.98 Å². The Hall–Kier alpha value is -3.67. The highest BCUT2D eigenvalue weighted by atomic mass is 16.5. The molecule has 2 aliphatic rings. The summed E-state index contributed by atoms with van der Waals surface area (Å²) in [6.07, 6.45) is 2.44. The number of nitrogens with zero attached hydrogens (tertiary/aromatic N) is 3. The maximum atomic E-state index is 13.5. The predicted molar refractivity (Wildman–Crippen MR) is 116 cm³/mol. The first-order chi connectivity index (χ1) is 15.1. The van der Waals surface area contributed by atoms with Crippen LogP contribution in [0.5, 0.6) is 5.75 Å². The van der Waals surface area contributed by atoms with Gasteiger partial charge in [-0.2, -0.15) is 0 Å². The van der Waals surface area contributed by atoms with Gasteiger partial charge in [0.05, 0.1) is 13.5 Å². The summed E-state index contributed by atoms with van der Waals surface area (Å²) in [7, 11) is 1.62. The molecule has 1 atom stereocenters. The standard InChI is InChI=1S/C25H23N3O3/c1-31-21-11-9-19(10-12-21)25-17-18-6-2-3-8-22(18)24(30)28(25)15-14-27(25)23(29)16-20-7-4-5-13-26-20/h2-13H,14-17H2,1H3. The fourth-order valence-corrected chi connectivity index (χ4v) is 4.83. The van der Waals surface area contributed by atoms with Crippen LogP contribution in [0.2, 0.25) is 0 Å². The molecule has 0 aliphatic carbocycles. The molecular formula is C25H23N3O3. The Balaban J connectivity index is 1.61. The van der Waals surface area contributed by atoms with Crippen molar-refractivity contribution in [2.45, 2.75) is 18.5 Å². The SMILES string of the molecule is COc1ccc(C23Cc4ccccc4C(=O)N2CCN3C(=O)Cc2ccccn2)cc1. The monoisotopic (exact) mass is 413 g/mol. The van der Waals surface area contributed by atoms with Crippen LogP contribution in [0, 0.1) is 0 Å². The molecule has 2 amide bonds. The van der Waals surface area contributed by atoms with E-state index in [4.69, 9.17) is 4.74 Å². The van der Waals surface area contributed by atoms with Gasteiger partial charge < -0.3 is 14.5 Å². The second-order valence-electron chi connectivity index (χ2n) is 7.88. The Morgan fingerprint density at radius 3 is 2.55 bits per heavy atom. The van der Waals surface area contributed by atoms with E-state index in [9.17, 15) is 9.59 Å². The van der Waals surface area contributed by atoms with Gasteiger partial charge in [-0.3, -0.25) is 14.6 Å². The Morgan fingerprint density at radius 2 is 1.81 bits per heavy atom. The van der Waals surface area contributed by atoms with Gasteiger partial charge in [0.2, 0.25) is 5.91 Å². The van der Waals surface area contributed by atoms with E-state index in [1.807, 2.05) is 76.5 Å². The first-order valence-electron chi connectivity index (χ1n) is 10.4. The number of carbonyl (C=O) groups excluding carboxylic acids is 2. The molecule has 0 spiro atoms. The highest BCUT2D eigenvalue weighted by molar-refractivity contribution is 5.98. The topological polar surface area (TPSA) is 62.7 Å². The molecule has 2 aliphatic heterocycles. The Morgan fingerprint density at radius 1 is 1.03 bits per heavy atom. The van der Waals surface area contributed by atoms with E-state index >= 15 is 0 Å². The molecule has 2 aromatic carbocycles. The van der Waals surface area contributed by atoms with E-state index in [1.165, 1.54) is 0 Å². The number of amides is 2. The minimum absolute atomic E-state index is 0.0363. The molecule has 0 radical (unpaired) electrons. The summed E-state index contributed by atoms with van der Waals surface area (Å²) < 4.78 is 5.33. The first-order valence-corrected chi connectivity index (χ1v) is 10.4. The van der Waals surface area contributed by atoms with Crippen LogP contribution in [-0.2, 0) is 23.3 Å². The largest absolute Gasteiger partial charge is 0.497 e. The zero-order valence-corrected chi connectivity index (χ0v) is 17.3. The van der Waals surface area contributed by atoms with Crippen molar-refractivity contribution >= 4 is 11.8 Å². The van der Waals surface area contributed by atoms with Gasteiger partial charge in [0, 0.05) is 37.0 Å². The van der Waals surface area contributed by atoms with Crippen molar-refractivity contribution in [2.75, 3.05) is 20.2 Å². The molecule has 6 heteroatoms. The highest BCUT2D eigenvalue weighted by Gasteiger charge is 2.55. The van der Waals surface area contributed by atoms with Crippen LogP contribution in [0.4, 0.5) is 0 Å². The summed E-state index contributed by atoms with van der Waals surface area (Å²) in [5.74, 6) is 0.661. The molecule has 3 heterocycles. The zero-order valence-electron chi connectivity index (χ0n) is 17.3. The average Bonchev–Trinajstić information content (AvgIpc) is 3.21. The van der Waals surface area contributed by atoms with Crippen LogP contribution in [0.3, 0.4) is 0 Å². The van der Waals surface area contributed by atoms with Gasteiger partial charge in [-0.1, -0.05) is 36.4 Å². The summed E-state index contributed by atoms with van der Waals surface area (Å²) in [4.78, 5) is 35.0. The second kappa shape index (κ2) is 7.54. The Labute approximate surface area is 181 Å². The van der Waals surface area contributed by atoms with Crippen LogP contribution < -0.4 is 4.74 Å². The van der Waals surface area contributed by atoms with Crippen molar-refractivity contribution < 1.29 is 14.3 Å². The van der Waals surface area contributed by atoms with Gasteiger partial charge in [0.15, 0.2) is 0 Å². The van der Waals surface area contributed by atoms with Crippen molar-refractivity contribution in [1.29, 1.82) is 0 Å². The lowest BCUT2D eigenvalue weighted by Crippen LogP contribution is -2.58. The average molecular weight is 413 g/mol. The predicted octanol–water partition coefficient (Wildman–Crippen LogP) is 3.03. The second-order valence-corrected chi connectivity index (χ2v) is 7.88. The molecule has 0 bridgehead atoms. The zero-order chi connectivity index (χ0) is 21.4. The quantitative estimate of drug-likeness (QED) is 0.660. The molecule has 1 saturated heterocycles. The van der Waals surface area contributed by atoms with E-state index < -0.39 is 5.66 Å². The maximum Gasteiger partial charge on any atom is 0.256 e. The maximum absolute atomic E-state index is 13.5. The number of pyridine rings is 1. The number of rotatable bonds is 4. The van der Waals surface area contributed by atoms with Gasteiger partial charge in [-0.25, -0.2) is 0 Å². The molecule has 1 fully saturated rings. The summed E-state index contributed by atoms with van der Waals surface area (Å²) in [6.45, 7) is 0.977. The normalized spacial score (nSPS) is 19.7. The van der Waals surface area contributed by atoms with Gasteiger partial charge in [-0.15, -0.1) is 0 Å². The third-order valence-electron chi connectivity index (χ3n) is 6.28. The van der Waals surface area contributed by atoms with E-state index in [1.54, 1.807) is 13.3 Å². The third-order valence-corrected chi connectivity index (χ3v) is 6.28. The smallest absolute Gasteiger partial charge is 0.256 e. The minimum atomic E-state index is -0.858. The van der Waals surface area contributed by atoms with Crippen LogP contribution in [-0.4, -0.2) is 46.8 Å². The summed E-state index contributed by atoms with van der Waals surface area (Å²) in [5, 5.41) is 0. The molecule has 6 nitrogen and oxygen atoms in total. The van der Waals surface area contributed by atoms with E-state index in [-0.39, 0.29) is 18.2 Å². The molecule has 0 saturated carbocycles. The summed E-state index contributed by atoms with van der Waals surface area (Å²) in [5.41, 5.74) is 2.44. The van der Waals surface area contributed by atoms with Crippen LogP contribution >= 0.6 is 0 Å². The lowest BCUT2D eigenvalue weighted by Gasteiger charge is -2.47. The van der Waals surface area contributed by atoms with E-state index in [0.717, 1.165) is 22.6 Å². The molecule has 0 N–H and O–H groups in total. The van der Waals surface area contributed by atoms with Crippen molar-refractivity contribution in [1.82, 2.24) is 14.8 Å². The van der Waals surface area contributed by atoms with Crippen molar-refractivity contribution in [3.05, 3.63) is 95.3 Å². The van der Waals surface area contributed by atoms with Gasteiger partial charge in [0.25, 0.3) is 5.91 Å². The minimum Gasteiger partial charge on any atom is -0.497 e. The van der Waals surface area contributed by atoms with Crippen molar-refractivity contribution in [2.24, 2.45) is 0 Å². The number of carbonyl (C=O) groups is 2. The number of ether oxygens (including phenoxy) is 1.